The Morgan fingerprint density at radius 3 is 2.62 bits per heavy atom. The van der Waals surface area contributed by atoms with Gasteiger partial charge in [0, 0.05) is 18.5 Å². The SMILES string of the molecule is COc1ccc(S(=O)(=O)NCCc2nc(-c3ccccc3)no2)cc1C. The fraction of sp³-hybridized carbons (Fsp3) is 0.222. The number of hydrogen-bond donors (Lipinski definition) is 1. The summed E-state index contributed by atoms with van der Waals surface area (Å²) in [7, 11) is -2.07. The molecule has 1 heterocycles. The van der Waals surface area contributed by atoms with E-state index in [1.54, 1.807) is 26.2 Å². The Kier molecular flexibility index (Phi) is 5.34. The van der Waals surface area contributed by atoms with Gasteiger partial charge in [0.1, 0.15) is 5.75 Å². The van der Waals surface area contributed by atoms with E-state index in [1.807, 2.05) is 30.3 Å². The Labute approximate surface area is 152 Å². The first-order chi connectivity index (χ1) is 12.5. The van der Waals surface area contributed by atoms with Crippen LogP contribution in [-0.2, 0) is 16.4 Å². The summed E-state index contributed by atoms with van der Waals surface area (Å²) in [6, 6.07) is 14.1. The van der Waals surface area contributed by atoms with Crippen molar-refractivity contribution in [1.82, 2.24) is 14.9 Å². The molecule has 1 aromatic heterocycles. The number of aryl methyl sites for hydroxylation is 1. The fourth-order valence-electron chi connectivity index (χ4n) is 2.45. The molecule has 8 heteroatoms. The summed E-state index contributed by atoms with van der Waals surface area (Å²) in [4.78, 5) is 4.47. The molecule has 3 rings (SSSR count). The highest BCUT2D eigenvalue weighted by Crippen LogP contribution is 2.21. The van der Waals surface area contributed by atoms with Gasteiger partial charge in [-0.3, -0.25) is 0 Å². The molecule has 7 nitrogen and oxygen atoms in total. The maximum atomic E-state index is 12.4. The van der Waals surface area contributed by atoms with Crippen molar-refractivity contribution in [2.24, 2.45) is 0 Å². The van der Waals surface area contributed by atoms with E-state index in [-0.39, 0.29) is 11.4 Å². The number of benzene rings is 2. The zero-order chi connectivity index (χ0) is 18.6. The summed E-state index contributed by atoms with van der Waals surface area (Å²) in [5, 5.41) is 3.91. The lowest BCUT2D eigenvalue weighted by molar-refractivity contribution is 0.379. The Morgan fingerprint density at radius 1 is 1.15 bits per heavy atom. The third-order valence-electron chi connectivity index (χ3n) is 3.81. The van der Waals surface area contributed by atoms with Crippen LogP contribution >= 0.6 is 0 Å². The Balaban J connectivity index is 1.62. The minimum absolute atomic E-state index is 0.157. The van der Waals surface area contributed by atoms with Crippen molar-refractivity contribution >= 4 is 10.0 Å². The van der Waals surface area contributed by atoms with Crippen LogP contribution in [0.4, 0.5) is 0 Å². The van der Waals surface area contributed by atoms with Gasteiger partial charge in [-0.25, -0.2) is 13.1 Å². The number of aromatic nitrogens is 2. The monoisotopic (exact) mass is 373 g/mol. The highest BCUT2D eigenvalue weighted by Gasteiger charge is 2.16. The lowest BCUT2D eigenvalue weighted by Crippen LogP contribution is -2.26. The van der Waals surface area contributed by atoms with Gasteiger partial charge in [-0.2, -0.15) is 4.98 Å². The third kappa shape index (κ3) is 4.09. The Morgan fingerprint density at radius 2 is 1.92 bits per heavy atom. The van der Waals surface area contributed by atoms with E-state index in [0.717, 1.165) is 11.1 Å². The molecule has 2 aromatic carbocycles. The van der Waals surface area contributed by atoms with Crippen molar-refractivity contribution < 1.29 is 17.7 Å². The number of ether oxygens (including phenoxy) is 1. The second-order valence-corrected chi connectivity index (χ2v) is 7.42. The molecule has 3 aromatic rings. The van der Waals surface area contributed by atoms with Gasteiger partial charge in [0.15, 0.2) is 0 Å². The summed E-state index contributed by atoms with van der Waals surface area (Å²) < 4.78 is 37.6. The molecule has 1 N–H and O–H groups in total. The summed E-state index contributed by atoms with van der Waals surface area (Å²) in [5.74, 6) is 1.50. The van der Waals surface area contributed by atoms with Crippen LogP contribution < -0.4 is 9.46 Å². The van der Waals surface area contributed by atoms with Crippen LogP contribution in [0.5, 0.6) is 5.75 Å². The molecule has 0 radical (unpaired) electrons. The molecule has 0 amide bonds. The average molecular weight is 373 g/mol. The number of sulfonamides is 1. The minimum Gasteiger partial charge on any atom is -0.496 e. The summed E-state index contributed by atoms with van der Waals surface area (Å²) in [6.45, 7) is 1.95. The van der Waals surface area contributed by atoms with Gasteiger partial charge in [-0.05, 0) is 30.7 Å². The predicted octanol–water partition coefficient (Wildman–Crippen LogP) is 2.57. The van der Waals surface area contributed by atoms with Crippen LogP contribution in [0.1, 0.15) is 11.5 Å². The van der Waals surface area contributed by atoms with Crippen LogP contribution in [0.25, 0.3) is 11.4 Å². The normalized spacial score (nSPS) is 11.5. The Hall–Kier alpha value is -2.71. The first kappa shape index (κ1) is 18.1. The summed E-state index contributed by atoms with van der Waals surface area (Å²) >= 11 is 0. The average Bonchev–Trinajstić information content (AvgIpc) is 3.11. The number of hydrogen-bond acceptors (Lipinski definition) is 6. The molecular weight excluding hydrogens is 354 g/mol. The van der Waals surface area contributed by atoms with Crippen molar-refractivity contribution in [2.75, 3.05) is 13.7 Å². The van der Waals surface area contributed by atoms with E-state index < -0.39 is 10.0 Å². The zero-order valence-corrected chi connectivity index (χ0v) is 15.3. The number of rotatable bonds is 7. The van der Waals surface area contributed by atoms with E-state index in [1.165, 1.54) is 6.07 Å². The largest absolute Gasteiger partial charge is 0.496 e. The molecule has 0 saturated carbocycles. The number of nitrogens with zero attached hydrogens (tertiary/aromatic N) is 2. The number of methoxy groups -OCH3 is 1. The molecule has 0 spiro atoms. The van der Waals surface area contributed by atoms with Crippen LogP contribution in [0, 0.1) is 6.92 Å². The van der Waals surface area contributed by atoms with Crippen molar-refractivity contribution in [1.29, 1.82) is 0 Å². The van der Waals surface area contributed by atoms with Gasteiger partial charge >= 0.3 is 0 Å². The highest BCUT2D eigenvalue weighted by atomic mass is 32.2. The van der Waals surface area contributed by atoms with E-state index in [9.17, 15) is 8.42 Å². The van der Waals surface area contributed by atoms with Gasteiger partial charge in [0.05, 0.1) is 12.0 Å². The molecular formula is C18H19N3O4S. The second kappa shape index (κ2) is 7.67. The van der Waals surface area contributed by atoms with E-state index in [4.69, 9.17) is 9.26 Å². The van der Waals surface area contributed by atoms with E-state index in [0.29, 0.717) is 23.9 Å². The smallest absolute Gasteiger partial charge is 0.240 e. The van der Waals surface area contributed by atoms with Crippen molar-refractivity contribution in [3.63, 3.8) is 0 Å². The first-order valence-electron chi connectivity index (χ1n) is 8.02. The zero-order valence-electron chi connectivity index (χ0n) is 14.5. The molecule has 0 unspecified atom stereocenters. The van der Waals surface area contributed by atoms with Crippen molar-refractivity contribution in [3.05, 3.63) is 60.0 Å². The first-order valence-corrected chi connectivity index (χ1v) is 9.50. The molecule has 0 saturated heterocycles. The van der Waals surface area contributed by atoms with Crippen LogP contribution in [0.3, 0.4) is 0 Å². The third-order valence-corrected chi connectivity index (χ3v) is 5.27. The van der Waals surface area contributed by atoms with Gasteiger partial charge in [0.2, 0.25) is 21.7 Å². The van der Waals surface area contributed by atoms with Crippen LogP contribution in [0.15, 0.2) is 57.9 Å². The maximum Gasteiger partial charge on any atom is 0.240 e. The second-order valence-electron chi connectivity index (χ2n) is 5.66. The predicted molar refractivity (Wildman–Crippen MR) is 96.4 cm³/mol. The minimum atomic E-state index is -3.62. The van der Waals surface area contributed by atoms with Crippen molar-refractivity contribution in [2.45, 2.75) is 18.2 Å². The Bertz CT molecular complexity index is 985. The molecule has 0 fully saturated rings. The molecule has 136 valence electrons. The molecule has 0 aliphatic carbocycles. The van der Waals surface area contributed by atoms with Crippen LogP contribution in [0.2, 0.25) is 0 Å². The van der Waals surface area contributed by atoms with Gasteiger partial charge in [-0.15, -0.1) is 0 Å². The standard InChI is InChI=1S/C18H19N3O4S/c1-13-12-15(8-9-16(13)24-2)26(22,23)19-11-10-17-20-18(21-25-17)14-6-4-3-5-7-14/h3-9,12,19H,10-11H2,1-2H3. The maximum absolute atomic E-state index is 12.4. The molecule has 0 aliphatic rings. The molecule has 0 bridgehead atoms. The summed E-state index contributed by atoms with van der Waals surface area (Å²) in [6.07, 6.45) is 0.300. The van der Waals surface area contributed by atoms with E-state index >= 15 is 0 Å². The lowest BCUT2D eigenvalue weighted by Gasteiger charge is -2.09. The van der Waals surface area contributed by atoms with Gasteiger partial charge in [-0.1, -0.05) is 35.5 Å². The molecule has 26 heavy (non-hydrogen) atoms. The molecule has 0 aliphatic heterocycles. The van der Waals surface area contributed by atoms with Gasteiger partial charge in [0.25, 0.3) is 0 Å². The highest BCUT2D eigenvalue weighted by molar-refractivity contribution is 7.89. The molecule has 0 atom stereocenters. The lowest BCUT2D eigenvalue weighted by atomic mass is 10.2. The van der Waals surface area contributed by atoms with Crippen molar-refractivity contribution in [3.8, 4) is 17.1 Å². The topological polar surface area (TPSA) is 94.3 Å². The van der Waals surface area contributed by atoms with E-state index in [2.05, 4.69) is 14.9 Å². The fourth-order valence-corrected chi connectivity index (χ4v) is 3.57. The quantitative estimate of drug-likeness (QED) is 0.684. The van der Waals surface area contributed by atoms with Gasteiger partial charge < -0.3 is 9.26 Å². The van der Waals surface area contributed by atoms with Crippen LogP contribution in [-0.4, -0.2) is 32.2 Å². The summed E-state index contributed by atoms with van der Waals surface area (Å²) in [5.41, 5.74) is 1.59. The number of nitrogens with one attached hydrogen (secondary N) is 1.